The van der Waals surface area contributed by atoms with Gasteiger partial charge in [-0.1, -0.05) is 26.7 Å². The summed E-state index contributed by atoms with van der Waals surface area (Å²) in [4.78, 5) is 2.49. The molecule has 0 amide bonds. The number of hydrogen-bond acceptors (Lipinski definition) is 2. The molecule has 2 nitrogen and oxygen atoms in total. The Morgan fingerprint density at radius 1 is 1.27 bits per heavy atom. The Labute approximate surface area is 95.4 Å². The smallest absolute Gasteiger partial charge is 0.0104 e. The van der Waals surface area contributed by atoms with Crippen LogP contribution in [0.5, 0.6) is 0 Å². The Balaban J connectivity index is 1.95. The van der Waals surface area contributed by atoms with Gasteiger partial charge in [-0.3, -0.25) is 0 Å². The highest BCUT2D eigenvalue weighted by atomic mass is 15.1. The Morgan fingerprint density at radius 3 is 2.53 bits per heavy atom. The van der Waals surface area contributed by atoms with Crippen molar-refractivity contribution in [1.29, 1.82) is 0 Å². The number of nitrogens with zero attached hydrogens (tertiary/aromatic N) is 1. The minimum Gasteiger partial charge on any atom is -0.315 e. The van der Waals surface area contributed by atoms with Crippen LogP contribution in [0, 0.1) is 11.8 Å². The van der Waals surface area contributed by atoms with Gasteiger partial charge in [0, 0.05) is 19.6 Å². The summed E-state index contributed by atoms with van der Waals surface area (Å²) in [6, 6.07) is 0. The van der Waals surface area contributed by atoms with Gasteiger partial charge in [0.2, 0.25) is 0 Å². The van der Waals surface area contributed by atoms with Gasteiger partial charge in [0.25, 0.3) is 0 Å². The van der Waals surface area contributed by atoms with Crippen LogP contribution in [0.15, 0.2) is 0 Å². The summed E-state index contributed by atoms with van der Waals surface area (Å²) in [5.41, 5.74) is 0. The predicted molar refractivity (Wildman–Crippen MR) is 67.2 cm³/mol. The van der Waals surface area contributed by atoms with Gasteiger partial charge in [0.15, 0.2) is 0 Å². The van der Waals surface area contributed by atoms with Crippen molar-refractivity contribution < 1.29 is 0 Å². The van der Waals surface area contributed by atoms with Gasteiger partial charge in [-0.05, 0) is 38.3 Å². The Hall–Kier alpha value is -0.0800. The molecule has 15 heavy (non-hydrogen) atoms. The van der Waals surface area contributed by atoms with Crippen LogP contribution < -0.4 is 5.32 Å². The van der Waals surface area contributed by atoms with E-state index in [1.165, 1.54) is 38.8 Å². The van der Waals surface area contributed by atoms with Crippen molar-refractivity contribution in [3.63, 3.8) is 0 Å². The molecule has 2 heteroatoms. The number of hydrogen-bond donors (Lipinski definition) is 1. The molecule has 0 atom stereocenters. The van der Waals surface area contributed by atoms with E-state index >= 15 is 0 Å². The summed E-state index contributed by atoms with van der Waals surface area (Å²) >= 11 is 0. The summed E-state index contributed by atoms with van der Waals surface area (Å²) in [5, 5.41) is 3.50. The van der Waals surface area contributed by atoms with Gasteiger partial charge in [-0.2, -0.15) is 0 Å². The monoisotopic (exact) mass is 212 g/mol. The quantitative estimate of drug-likeness (QED) is 0.652. The molecule has 0 spiro atoms. The first-order chi connectivity index (χ1) is 7.18. The van der Waals surface area contributed by atoms with Crippen LogP contribution in [-0.2, 0) is 0 Å². The lowest BCUT2D eigenvalue weighted by molar-refractivity contribution is 0.276. The highest BCUT2D eigenvalue weighted by molar-refractivity contribution is 4.70. The normalized spacial score (nSPS) is 18.2. The molecule has 0 radical (unpaired) electrons. The first kappa shape index (κ1) is 13.0. The summed E-state index contributed by atoms with van der Waals surface area (Å²) in [7, 11) is 2.26. The third kappa shape index (κ3) is 6.16. The second-order valence-corrected chi connectivity index (χ2v) is 5.51. The van der Waals surface area contributed by atoms with Crippen molar-refractivity contribution in [3.8, 4) is 0 Å². The summed E-state index contributed by atoms with van der Waals surface area (Å²) < 4.78 is 0. The number of nitrogens with one attached hydrogen (secondary N) is 1. The average Bonchev–Trinajstić information content (AvgIpc) is 2.64. The first-order valence-corrected chi connectivity index (χ1v) is 6.57. The highest BCUT2D eigenvalue weighted by Gasteiger charge is 2.16. The third-order valence-electron chi connectivity index (χ3n) is 3.27. The van der Waals surface area contributed by atoms with E-state index in [1.54, 1.807) is 0 Å². The van der Waals surface area contributed by atoms with E-state index in [4.69, 9.17) is 0 Å². The standard InChI is InChI=1S/C13H28N2/c1-12(2)10-14-8-9-15(3)11-13-6-4-5-7-13/h12-14H,4-11H2,1-3H3. The van der Waals surface area contributed by atoms with Crippen molar-refractivity contribution in [2.45, 2.75) is 39.5 Å². The Morgan fingerprint density at radius 2 is 1.93 bits per heavy atom. The second kappa shape index (κ2) is 7.24. The minimum atomic E-state index is 0.769. The fourth-order valence-electron chi connectivity index (χ4n) is 2.39. The number of likely N-dealkylation sites (N-methyl/N-ethyl adjacent to an activating group) is 1. The number of rotatable bonds is 7. The zero-order valence-electron chi connectivity index (χ0n) is 10.8. The fraction of sp³-hybridized carbons (Fsp3) is 1.00. The molecule has 0 aliphatic heterocycles. The molecule has 90 valence electrons. The lowest BCUT2D eigenvalue weighted by Gasteiger charge is -2.21. The molecule has 0 aromatic rings. The van der Waals surface area contributed by atoms with Crippen LogP contribution in [-0.4, -0.2) is 38.1 Å². The summed E-state index contributed by atoms with van der Waals surface area (Å²) in [5.74, 6) is 1.75. The second-order valence-electron chi connectivity index (χ2n) is 5.51. The first-order valence-electron chi connectivity index (χ1n) is 6.57. The van der Waals surface area contributed by atoms with Gasteiger partial charge < -0.3 is 10.2 Å². The maximum Gasteiger partial charge on any atom is 0.0104 e. The van der Waals surface area contributed by atoms with E-state index in [-0.39, 0.29) is 0 Å². The Kier molecular flexibility index (Phi) is 6.26. The molecule has 1 saturated carbocycles. The van der Waals surface area contributed by atoms with Crippen molar-refractivity contribution >= 4 is 0 Å². The SMILES string of the molecule is CC(C)CNCCN(C)CC1CCCC1. The van der Waals surface area contributed by atoms with Crippen LogP contribution in [0.2, 0.25) is 0 Å². The van der Waals surface area contributed by atoms with Gasteiger partial charge in [-0.25, -0.2) is 0 Å². The molecular formula is C13H28N2. The largest absolute Gasteiger partial charge is 0.315 e. The molecule has 0 aromatic heterocycles. The minimum absolute atomic E-state index is 0.769. The zero-order chi connectivity index (χ0) is 11.1. The van der Waals surface area contributed by atoms with Crippen LogP contribution >= 0.6 is 0 Å². The van der Waals surface area contributed by atoms with Crippen molar-refractivity contribution in [2.24, 2.45) is 11.8 Å². The van der Waals surface area contributed by atoms with Crippen LogP contribution in [0.3, 0.4) is 0 Å². The molecule has 1 rings (SSSR count). The van der Waals surface area contributed by atoms with E-state index in [0.717, 1.165) is 24.9 Å². The lowest BCUT2D eigenvalue weighted by Crippen LogP contribution is -2.33. The van der Waals surface area contributed by atoms with Gasteiger partial charge in [0.05, 0.1) is 0 Å². The van der Waals surface area contributed by atoms with E-state index in [9.17, 15) is 0 Å². The van der Waals surface area contributed by atoms with Gasteiger partial charge >= 0.3 is 0 Å². The highest BCUT2D eigenvalue weighted by Crippen LogP contribution is 2.24. The van der Waals surface area contributed by atoms with Crippen molar-refractivity contribution in [3.05, 3.63) is 0 Å². The topological polar surface area (TPSA) is 15.3 Å². The molecule has 1 fully saturated rings. The molecule has 1 aliphatic carbocycles. The molecule has 0 unspecified atom stereocenters. The van der Waals surface area contributed by atoms with Gasteiger partial charge in [0.1, 0.15) is 0 Å². The maximum absolute atomic E-state index is 3.50. The van der Waals surface area contributed by atoms with E-state index in [0.29, 0.717) is 0 Å². The third-order valence-corrected chi connectivity index (χ3v) is 3.27. The molecular weight excluding hydrogens is 184 g/mol. The van der Waals surface area contributed by atoms with Gasteiger partial charge in [-0.15, -0.1) is 0 Å². The maximum atomic E-state index is 3.50. The van der Waals surface area contributed by atoms with Crippen molar-refractivity contribution in [1.82, 2.24) is 10.2 Å². The van der Waals surface area contributed by atoms with E-state index in [2.05, 4.69) is 31.1 Å². The van der Waals surface area contributed by atoms with E-state index < -0.39 is 0 Å². The molecule has 0 heterocycles. The molecule has 1 aliphatic rings. The molecule has 0 bridgehead atoms. The fourth-order valence-corrected chi connectivity index (χ4v) is 2.39. The van der Waals surface area contributed by atoms with Crippen LogP contribution in [0.1, 0.15) is 39.5 Å². The van der Waals surface area contributed by atoms with Crippen LogP contribution in [0.4, 0.5) is 0 Å². The van der Waals surface area contributed by atoms with E-state index in [1.807, 2.05) is 0 Å². The summed E-state index contributed by atoms with van der Waals surface area (Å²) in [6.07, 6.45) is 5.85. The van der Waals surface area contributed by atoms with Crippen LogP contribution in [0.25, 0.3) is 0 Å². The predicted octanol–water partition coefficient (Wildman–Crippen LogP) is 2.35. The lowest BCUT2D eigenvalue weighted by atomic mass is 10.1. The Bertz CT molecular complexity index is 151. The van der Waals surface area contributed by atoms with Crippen molar-refractivity contribution in [2.75, 3.05) is 33.2 Å². The molecule has 1 N–H and O–H groups in total. The zero-order valence-corrected chi connectivity index (χ0v) is 10.8. The molecule has 0 saturated heterocycles. The molecule has 0 aromatic carbocycles. The summed E-state index contributed by atoms with van der Waals surface area (Å²) in [6.45, 7) is 9.32. The average molecular weight is 212 g/mol.